The molecule has 0 spiro atoms. The highest BCUT2D eigenvalue weighted by Gasteiger charge is 2.29. The molecule has 1 aliphatic carbocycles. The number of hydrogen-bond donors (Lipinski definition) is 2. The van der Waals surface area contributed by atoms with Crippen LogP contribution >= 0.6 is 0 Å². The maximum absolute atomic E-state index is 12.4. The van der Waals surface area contributed by atoms with Crippen LogP contribution in [-0.2, 0) is 4.79 Å². The molecule has 0 aromatic heterocycles. The minimum atomic E-state index is -0.568. The van der Waals surface area contributed by atoms with E-state index in [-0.39, 0.29) is 23.1 Å². The quantitative estimate of drug-likeness (QED) is 0.643. The lowest BCUT2D eigenvalue weighted by Gasteiger charge is -2.09. The molecular formula is C18H17N3O4. The van der Waals surface area contributed by atoms with Crippen LogP contribution in [0.2, 0.25) is 0 Å². The van der Waals surface area contributed by atoms with E-state index in [4.69, 9.17) is 0 Å². The molecule has 128 valence electrons. The SMILES string of the molecule is Cc1cccc(C(=O)Nc2cccc(NC(=O)C3CC3)c2)c1[N+](=O)[O-]. The van der Waals surface area contributed by atoms with Gasteiger partial charge in [0.25, 0.3) is 11.6 Å². The lowest BCUT2D eigenvalue weighted by Crippen LogP contribution is -2.16. The maximum Gasteiger partial charge on any atom is 0.285 e. The van der Waals surface area contributed by atoms with Gasteiger partial charge in [0.1, 0.15) is 5.56 Å². The van der Waals surface area contributed by atoms with Gasteiger partial charge < -0.3 is 10.6 Å². The Balaban J connectivity index is 1.78. The number of nitro benzene ring substituents is 1. The molecule has 0 heterocycles. The lowest BCUT2D eigenvalue weighted by atomic mass is 10.1. The summed E-state index contributed by atoms with van der Waals surface area (Å²) in [6, 6.07) is 11.3. The molecule has 2 aromatic carbocycles. The molecule has 1 fully saturated rings. The molecule has 1 aliphatic rings. The summed E-state index contributed by atoms with van der Waals surface area (Å²) in [6.07, 6.45) is 1.80. The molecule has 0 aliphatic heterocycles. The van der Waals surface area contributed by atoms with Crippen molar-refractivity contribution in [3.8, 4) is 0 Å². The van der Waals surface area contributed by atoms with Crippen molar-refractivity contribution in [1.29, 1.82) is 0 Å². The molecule has 3 rings (SSSR count). The summed E-state index contributed by atoms with van der Waals surface area (Å²) in [4.78, 5) is 34.9. The second-order valence-corrected chi connectivity index (χ2v) is 6.03. The summed E-state index contributed by atoms with van der Waals surface area (Å²) < 4.78 is 0. The van der Waals surface area contributed by atoms with E-state index >= 15 is 0 Å². The highest BCUT2D eigenvalue weighted by atomic mass is 16.6. The van der Waals surface area contributed by atoms with Crippen molar-refractivity contribution in [1.82, 2.24) is 0 Å². The first-order valence-corrected chi connectivity index (χ1v) is 7.92. The highest BCUT2D eigenvalue weighted by molar-refractivity contribution is 6.07. The van der Waals surface area contributed by atoms with E-state index in [1.165, 1.54) is 6.07 Å². The molecular weight excluding hydrogens is 322 g/mol. The van der Waals surface area contributed by atoms with Crippen LogP contribution in [0.3, 0.4) is 0 Å². The van der Waals surface area contributed by atoms with Crippen LogP contribution in [0.25, 0.3) is 0 Å². The van der Waals surface area contributed by atoms with Crippen molar-refractivity contribution in [3.05, 3.63) is 63.7 Å². The van der Waals surface area contributed by atoms with Gasteiger partial charge >= 0.3 is 0 Å². The van der Waals surface area contributed by atoms with Gasteiger partial charge in [-0.25, -0.2) is 0 Å². The molecule has 2 aromatic rings. The smallest absolute Gasteiger partial charge is 0.285 e. The van der Waals surface area contributed by atoms with Crippen LogP contribution < -0.4 is 10.6 Å². The van der Waals surface area contributed by atoms with E-state index in [9.17, 15) is 19.7 Å². The van der Waals surface area contributed by atoms with E-state index in [0.717, 1.165) is 12.8 Å². The van der Waals surface area contributed by atoms with Crippen molar-refractivity contribution in [2.45, 2.75) is 19.8 Å². The summed E-state index contributed by atoms with van der Waals surface area (Å²) in [6.45, 7) is 1.59. The number of carbonyl (C=O) groups is 2. The third-order valence-corrected chi connectivity index (χ3v) is 4.00. The number of nitrogens with zero attached hydrogens (tertiary/aromatic N) is 1. The molecule has 0 bridgehead atoms. The van der Waals surface area contributed by atoms with Crippen LogP contribution in [0.4, 0.5) is 17.1 Å². The number of hydrogen-bond acceptors (Lipinski definition) is 4. The molecule has 2 amide bonds. The van der Waals surface area contributed by atoms with E-state index in [1.54, 1.807) is 43.3 Å². The lowest BCUT2D eigenvalue weighted by molar-refractivity contribution is -0.385. The van der Waals surface area contributed by atoms with Crippen molar-refractivity contribution >= 4 is 28.9 Å². The van der Waals surface area contributed by atoms with Gasteiger partial charge in [-0.3, -0.25) is 19.7 Å². The van der Waals surface area contributed by atoms with Gasteiger partial charge in [0.05, 0.1) is 4.92 Å². The Bertz CT molecular complexity index is 859. The van der Waals surface area contributed by atoms with Crippen LogP contribution in [0.15, 0.2) is 42.5 Å². The number of rotatable bonds is 5. The van der Waals surface area contributed by atoms with Crippen LogP contribution in [0.1, 0.15) is 28.8 Å². The Morgan fingerprint density at radius 2 is 1.72 bits per heavy atom. The molecule has 0 saturated heterocycles. The molecule has 0 atom stereocenters. The Kier molecular flexibility index (Phi) is 4.47. The minimum absolute atomic E-state index is 0.00239. The van der Waals surface area contributed by atoms with Gasteiger partial charge in [-0.05, 0) is 44.0 Å². The summed E-state index contributed by atoms with van der Waals surface area (Å²) in [5.74, 6) is -0.521. The fourth-order valence-corrected chi connectivity index (χ4v) is 2.55. The molecule has 0 unspecified atom stereocenters. The fourth-order valence-electron chi connectivity index (χ4n) is 2.55. The zero-order valence-electron chi connectivity index (χ0n) is 13.6. The van der Waals surface area contributed by atoms with Crippen LogP contribution in [0, 0.1) is 23.0 Å². The normalized spacial score (nSPS) is 13.2. The first kappa shape index (κ1) is 16.6. The Labute approximate surface area is 144 Å². The van der Waals surface area contributed by atoms with Gasteiger partial charge in [-0.15, -0.1) is 0 Å². The van der Waals surface area contributed by atoms with Gasteiger partial charge in [0.2, 0.25) is 5.91 Å². The molecule has 7 nitrogen and oxygen atoms in total. The summed E-state index contributed by atoms with van der Waals surface area (Å²) in [5, 5.41) is 16.7. The van der Waals surface area contributed by atoms with Crippen molar-refractivity contribution in [2.24, 2.45) is 5.92 Å². The number of carbonyl (C=O) groups excluding carboxylic acids is 2. The van der Waals surface area contributed by atoms with Crippen molar-refractivity contribution < 1.29 is 14.5 Å². The second-order valence-electron chi connectivity index (χ2n) is 6.03. The van der Waals surface area contributed by atoms with E-state index < -0.39 is 10.8 Å². The maximum atomic E-state index is 12.4. The van der Waals surface area contributed by atoms with Gasteiger partial charge in [-0.2, -0.15) is 0 Å². The number of anilines is 2. The Hall–Kier alpha value is -3.22. The van der Waals surface area contributed by atoms with E-state index in [2.05, 4.69) is 10.6 Å². The third-order valence-electron chi connectivity index (χ3n) is 4.00. The van der Waals surface area contributed by atoms with Crippen molar-refractivity contribution in [2.75, 3.05) is 10.6 Å². The standard InChI is InChI=1S/C18H17N3O4/c1-11-4-2-7-15(16(11)21(24)25)18(23)20-14-6-3-5-13(10-14)19-17(22)12-8-9-12/h2-7,10,12H,8-9H2,1H3,(H,19,22)(H,20,23). The number of benzene rings is 2. The van der Waals surface area contributed by atoms with E-state index in [1.807, 2.05) is 0 Å². The number of nitro groups is 1. The van der Waals surface area contributed by atoms with Gasteiger partial charge in [-0.1, -0.05) is 18.2 Å². The monoisotopic (exact) mass is 339 g/mol. The first-order valence-electron chi connectivity index (χ1n) is 7.92. The summed E-state index contributed by atoms with van der Waals surface area (Å²) in [5.41, 5.74) is 1.24. The van der Waals surface area contributed by atoms with Crippen LogP contribution in [0.5, 0.6) is 0 Å². The Morgan fingerprint density at radius 1 is 1.08 bits per heavy atom. The number of para-hydroxylation sites is 1. The largest absolute Gasteiger partial charge is 0.326 e. The van der Waals surface area contributed by atoms with Gasteiger partial charge in [0.15, 0.2) is 0 Å². The molecule has 7 heteroatoms. The predicted molar refractivity (Wildman–Crippen MR) is 93.6 cm³/mol. The number of nitrogens with one attached hydrogen (secondary N) is 2. The molecule has 2 N–H and O–H groups in total. The average molecular weight is 339 g/mol. The van der Waals surface area contributed by atoms with E-state index in [0.29, 0.717) is 16.9 Å². The summed E-state index contributed by atoms with van der Waals surface area (Å²) in [7, 11) is 0. The number of amides is 2. The van der Waals surface area contributed by atoms with Crippen molar-refractivity contribution in [3.63, 3.8) is 0 Å². The minimum Gasteiger partial charge on any atom is -0.326 e. The average Bonchev–Trinajstić information content (AvgIpc) is 3.39. The zero-order valence-corrected chi connectivity index (χ0v) is 13.6. The first-order chi connectivity index (χ1) is 12.0. The highest BCUT2D eigenvalue weighted by Crippen LogP contribution is 2.30. The molecule has 1 saturated carbocycles. The van der Waals surface area contributed by atoms with Gasteiger partial charge in [0, 0.05) is 22.9 Å². The number of aryl methyl sites for hydroxylation is 1. The fraction of sp³-hybridized carbons (Fsp3) is 0.222. The molecule has 25 heavy (non-hydrogen) atoms. The second kappa shape index (κ2) is 6.72. The molecule has 0 radical (unpaired) electrons. The Morgan fingerprint density at radius 3 is 2.36 bits per heavy atom. The zero-order chi connectivity index (χ0) is 18.0. The predicted octanol–water partition coefficient (Wildman–Crippen LogP) is 3.50. The van der Waals surface area contributed by atoms with Crippen LogP contribution in [-0.4, -0.2) is 16.7 Å². The summed E-state index contributed by atoms with van der Waals surface area (Å²) >= 11 is 0. The third kappa shape index (κ3) is 3.82. The topological polar surface area (TPSA) is 101 Å².